The van der Waals surface area contributed by atoms with Gasteiger partial charge in [0, 0.05) is 24.9 Å². The summed E-state index contributed by atoms with van der Waals surface area (Å²) in [5.74, 6) is -0.923. The molecule has 7 nitrogen and oxygen atoms in total. The van der Waals surface area contributed by atoms with Crippen molar-refractivity contribution in [2.45, 2.75) is 12.8 Å². The largest absolute Gasteiger partial charge is 0.477 e. The van der Waals surface area contributed by atoms with Crippen molar-refractivity contribution in [3.63, 3.8) is 0 Å². The van der Waals surface area contributed by atoms with Crippen molar-refractivity contribution in [2.75, 3.05) is 25.1 Å². The van der Waals surface area contributed by atoms with E-state index in [-0.39, 0.29) is 5.56 Å². The SMILES string of the molecule is O=C(O)c1cc(NCC2CCCOC2)ccc1[N+](=O)[O-]. The molecule has 1 atom stereocenters. The zero-order valence-corrected chi connectivity index (χ0v) is 10.9. The predicted molar refractivity (Wildman–Crippen MR) is 72.1 cm³/mol. The van der Waals surface area contributed by atoms with Crippen LogP contribution in [0.3, 0.4) is 0 Å². The van der Waals surface area contributed by atoms with E-state index < -0.39 is 16.6 Å². The molecule has 1 fully saturated rings. The van der Waals surface area contributed by atoms with Crippen LogP contribution in [0.1, 0.15) is 23.2 Å². The maximum absolute atomic E-state index is 11.0. The van der Waals surface area contributed by atoms with E-state index >= 15 is 0 Å². The zero-order valence-electron chi connectivity index (χ0n) is 10.9. The minimum absolute atomic E-state index is 0.306. The van der Waals surface area contributed by atoms with Gasteiger partial charge >= 0.3 is 5.97 Å². The number of nitrogens with one attached hydrogen (secondary N) is 1. The first-order chi connectivity index (χ1) is 9.58. The molecule has 1 aliphatic rings. The summed E-state index contributed by atoms with van der Waals surface area (Å²) in [6.07, 6.45) is 2.08. The number of rotatable bonds is 5. The summed E-state index contributed by atoms with van der Waals surface area (Å²) in [6, 6.07) is 4.03. The highest BCUT2D eigenvalue weighted by Crippen LogP contribution is 2.23. The van der Waals surface area contributed by atoms with Crippen LogP contribution < -0.4 is 5.32 Å². The third kappa shape index (κ3) is 3.45. The lowest BCUT2D eigenvalue weighted by atomic mass is 10.0. The standard InChI is InChI=1S/C13H16N2O5/c16-13(17)11-6-10(3-4-12(11)15(18)19)14-7-9-2-1-5-20-8-9/h3-4,6,9,14H,1-2,5,7-8H2,(H,16,17). The molecule has 1 saturated heterocycles. The van der Waals surface area contributed by atoms with Gasteiger partial charge in [-0.1, -0.05) is 0 Å². The van der Waals surface area contributed by atoms with E-state index in [2.05, 4.69) is 5.32 Å². The number of nitro benzene ring substituents is 1. The highest BCUT2D eigenvalue weighted by atomic mass is 16.6. The van der Waals surface area contributed by atoms with E-state index in [1.54, 1.807) is 0 Å². The maximum atomic E-state index is 11.0. The second-order valence-corrected chi connectivity index (χ2v) is 4.76. The molecule has 1 aliphatic heterocycles. The fourth-order valence-corrected chi connectivity index (χ4v) is 2.21. The molecular weight excluding hydrogens is 264 g/mol. The highest BCUT2D eigenvalue weighted by Gasteiger charge is 2.20. The van der Waals surface area contributed by atoms with Crippen LogP contribution >= 0.6 is 0 Å². The first kappa shape index (κ1) is 14.3. The lowest BCUT2D eigenvalue weighted by molar-refractivity contribution is -0.385. The Morgan fingerprint density at radius 2 is 2.35 bits per heavy atom. The second-order valence-electron chi connectivity index (χ2n) is 4.76. The molecule has 0 bridgehead atoms. The first-order valence-corrected chi connectivity index (χ1v) is 6.41. The molecule has 1 heterocycles. The second kappa shape index (κ2) is 6.33. The van der Waals surface area contributed by atoms with Crippen molar-refractivity contribution in [1.29, 1.82) is 0 Å². The van der Waals surface area contributed by atoms with Crippen LogP contribution in [0, 0.1) is 16.0 Å². The van der Waals surface area contributed by atoms with Crippen molar-refractivity contribution in [2.24, 2.45) is 5.92 Å². The lowest BCUT2D eigenvalue weighted by Gasteiger charge is -2.22. The number of nitrogens with zero attached hydrogens (tertiary/aromatic N) is 1. The van der Waals surface area contributed by atoms with E-state index in [1.165, 1.54) is 18.2 Å². The van der Waals surface area contributed by atoms with Gasteiger partial charge in [-0.25, -0.2) is 4.79 Å². The van der Waals surface area contributed by atoms with Gasteiger partial charge in [0.2, 0.25) is 0 Å². The van der Waals surface area contributed by atoms with Gasteiger partial charge in [0.1, 0.15) is 5.56 Å². The Bertz CT molecular complexity index is 511. The zero-order chi connectivity index (χ0) is 14.5. The normalized spacial score (nSPS) is 18.5. The molecule has 0 aromatic heterocycles. The number of carboxylic acid groups (broad SMARTS) is 1. The number of carboxylic acids is 1. The molecule has 0 saturated carbocycles. The third-order valence-corrected chi connectivity index (χ3v) is 3.27. The Morgan fingerprint density at radius 1 is 1.55 bits per heavy atom. The van der Waals surface area contributed by atoms with Crippen molar-refractivity contribution in [1.82, 2.24) is 0 Å². The molecule has 0 aliphatic carbocycles. The van der Waals surface area contributed by atoms with E-state index in [9.17, 15) is 14.9 Å². The lowest BCUT2D eigenvalue weighted by Crippen LogP contribution is -2.24. The van der Waals surface area contributed by atoms with E-state index in [4.69, 9.17) is 9.84 Å². The fourth-order valence-electron chi connectivity index (χ4n) is 2.21. The smallest absolute Gasteiger partial charge is 0.342 e. The number of carbonyl (C=O) groups is 1. The fraction of sp³-hybridized carbons (Fsp3) is 0.462. The van der Waals surface area contributed by atoms with Crippen LogP contribution in [-0.4, -0.2) is 35.8 Å². The molecular formula is C13H16N2O5. The van der Waals surface area contributed by atoms with Gasteiger partial charge in [0.15, 0.2) is 0 Å². The monoisotopic (exact) mass is 280 g/mol. The van der Waals surface area contributed by atoms with Gasteiger partial charge in [-0.2, -0.15) is 0 Å². The van der Waals surface area contributed by atoms with E-state index in [1.807, 2.05) is 0 Å². The van der Waals surface area contributed by atoms with Crippen LogP contribution in [0.15, 0.2) is 18.2 Å². The van der Waals surface area contributed by atoms with Crippen LogP contribution in [0.25, 0.3) is 0 Å². The molecule has 1 unspecified atom stereocenters. The van der Waals surface area contributed by atoms with E-state index in [0.29, 0.717) is 24.8 Å². The molecule has 0 amide bonds. The minimum atomic E-state index is -1.30. The van der Waals surface area contributed by atoms with Crippen molar-refractivity contribution in [3.8, 4) is 0 Å². The summed E-state index contributed by atoms with van der Waals surface area (Å²) in [5.41, 5.74) is -0.137. The number of ether oxygens (including phenoxy) is 1. The maximum Gasteiger partial charge on any atom is 0.342 e. The van der Waals surface area contributed by atoms with Crippen LogP contribution in [-0.2, 0) is 4.74 Å². The van der Waals surface area contributed by atoms with Crippen molar-refractivity contribution >= 4 is 17.3 Å². The molecule has 0 radical (unpaired) electrons. The third-order valence-electron chi connectivity index (χ3n) is 3.27. The Hall–Kier alpha value is -2.15. The highest BCUT2D eigenvalue weighted by molar-refractivity contribution is 5.93. The summed E-state index contributed by atoms with van der Waals surface area (Å²) in [4.78, 5) is 21.1. The summed E-state index contributed by atoms with van der Waals surface area (Å²) in [7, 11) is 0. The molecule has 1 aromatic rings. The molecule has 0 spiro atoms. The summed E-state index contributed by atoms with van der Waals surface area (Å²) in [6.45, 7) is 2.14. The predicted octanol–water partition coefficient (Wildman–Crippen LogP) is 2.13. The number of benzene rings is 1. The quantitative estimate of drug-likeness (QED) is 0.632. The first-order valence-electron chi connectivity index (χ1n) is 6.41. The molecule has 2 rings (SSSR count). The van der Waals surface area contributed by atoms with Gasteiger partial charge < -0.3 is 15.2 Å². The number of hydrogen-bond acceptors (Lipinski definition) is 5. The average Bonchev–Trinajstić information content (AvgIpc) is 2.45. The van der Waals surface area contributed by atoms with Crippen LogP contribution in [0.4, 0.5) is 11.4 Å². The number of hydrogen-bond donors (Lipinski definition) is 2. The van der Waals surface area contributed by atoms with Crippen molar-refractivity contribution < 1.29 is 19.6 Å². The summed E-state index contributed by atoms with van der Waals surface area (Å²) in [5, 5.41) is 22.9. The molecule has 2 N–H and O–H groups in total. The van der Waals surface area contributed by atoms with Crippen LogP contribution in [0.5, 0.6) is 0 Å². The molecule has 108 valence electrons. The number of aromatic carboxylic acids is 1. The van der Waals surface area contributed by atoms with Gasteiger partial charge in [-0.15, -0.1) is 0 Å². The van der Waals surface area contributed by atoms with Gasteiger partial charge in [0.25, 0.3) is 5.69 Å². The summed E-state index contributed by atoms with van der Waals surface area (Å²) < 4.78 is 5.36. The Labute approximate surface area is 115 Å². The van der Waals surface area contributed by atoms with Crippen molar-refractivity contribution in [3.05, 3.63) is 33.9 Å². The average molecular weight is 280 g/mol. The summed E-state index contributed by atoms with van der Waals surface area (Å²) >= 11 is 0. The van der Waals surface area contributed by atoms with Gasteiger partial charge in [0.05, 0.1) is 11.5 Å². The molecule has 1 aromatic carbocycles. The molecule has 7 heteroatoms. The Balaban J connectivity index is 2.06. The number of nitro groups is 1. The Morgan fingerprint density at radius 3 is 2.95 bits per heavy atom. The molecule has 20 heavy (non-hydrogen) atoms. The van der Waals surface area contributed by atoms with Gasteiger partial charge in [-0.3, -0.25) is 10.1 Å². The van der Waals surface area contributed by atoms with Gasteiger partial charge in [-0.05, 0) is 30.9 Å². The number of anilines is 1. The topological polar surface area (TPSA) is 102 Å². The minimum Gasteiger partial charge on any atom is -0.477 e. The van der Waals surface area contributed by atoms with Crippen LogP contribution in [0.2, 0.25) is 0 Å². The van der Waals surface area contributed by atoms with E-state index in [0.717, 1.165) is 19.4 Å². The Kier molecular flexibility index (Phi) is 4.52.